The van der Waals surface area contributed by atoms with E-state index in [2.05, 4.69) is 5.32 Å². The van der Waals surface area contributed by atoms with Crippen LogP contribution in [0.4, 0.5) is 0 Å². The highest BCUT2D eigenvalue weighted by Crippen LogP contribution is 2.34. The third-order valence-corrected chi connectivity index (χ3v) is 4.53. The van der Waals surface area contributed by atoms with Gasteiger partial charge in [-0.1, -0.05) is 6.07 Å². The van der Waals surface area contributed by atoms with Gasteiger partial charge in [-0.25, -0.2) is 0 Å². The number of hydrogen-bond acceptors (Lipinski definition) is 4. The number of nitrogens with one attached hydrogen (secondary N) is 1. The van der Waals surface area contributed by atoms with Crippen LogP contribution in [-0.4, -0.2) is 28.9 Å². The third kappa shape index (κ3) is 2.96. The molecule has 82 valence electrons. The average molecular weight is 243 g/mol. The van der Waals surface area contributed by atoms with Gasteiger partial charge in [0.15, 0.2) is 0 Å². The summed E-state index contributed by atoms with van der Waals surface area (Å²) in [6.07, 6.45) is 1.80. The lowest BCUT2D eigenvalue weighted by Crippen LogP contribution is -2.40. The quantitative estimate of drug-likeness (QED) is 0.770. The molecule has 1 amide bonds. The van der Waals surface area contributed by atoms with Crippen LogP contribution < -0.4 is 5.32 Å². The van der Waals surface area contributed by atoms with Crippen molar-refractivity contribution in [2.45, 2.75) is 22.6 Å². The molecular weight excluding hydrogens is 230 g/mol. The first-order valence-electron chi connectivity index (χ1n) is 4.82. The molecule has 0 saturated heterocycles. The van der Waals surface area contributed by atoms with E-state index in [0.29, 0.717) is 5.75 Å². The Balaban J connectivity index is 1.73. The first-order chi connectivity index (χ1) is 7.24. The third-order valence-electron chi connectivity index (χ3n) is 2.40. The zero-order chi connectivity index (χ0) is 10.7. The van der Waals surface area contributed by atoms with E-state index < -0.39 is 0 Å². The second kappa shape index (κ2) is 4.55. The first-order valence-corrected chi connectivity index (χ1v) is 6.69. The number of thioether (sulfide) groups is 1. The molecule has 2 rings (SSSR count). The van der Waals surface area contributed by atoms with Crippen molar-refractivity contribution < 1.29 is 9.90 Å². The van der Waals surface area contributed by atoms with Crippen LogP contribution in [0.5, 0.6) is 0 Å². The number of thiophene rings is 1. The molecule has 0 spiro atoms. The molecular formula is C10H13NO2S2. The number of carbonyl (C=O) groups excluding carboxylic acids is 1. The SMILES string of the molecule is O=C(CSc1cccs1)NC1(CO)CC1. The Morgan fingerprint density at radius 3 is 3.00 bits per heavy atom. The van der Waals surface area contributed by atoms with E-state index in [1.807, 2.05) is 17.5 Å². The normalized spacial score (nSPS) is 17.4. The van der Waals surface area contributed by atoms with Crippen molar-refractivity contribution in [2.24, 2.45) is 0 Å². The van der Waals surface area contributed by atoms with Gasteiger partial charge in [0.25, 0.3) is 0 Å². The maximum absolute atomic E-state index is 11.5. The van der Waals surface area contributed by atoms with Crippen LogP contribution in [0.2, 0.25) is 0 Å². The summed E-state index contributed by atoms with van der Waals surface area (Å²) < 4.78 is 1.15. The highest BCUT2D eigenvalue weighted by atomic mass is 32.2. The predicted octanol–water partition coefficient (Wildman–Crippen LogP) is 1.48. The van der Waals surface area contributed by atoms with Crippen molar-refractivity contribution in [3.8, 4) is 0 Å². The second-order valence-corrected chi connectivity index (χ2v) is 5.93. The minimum atomic E-state index is -0.285. The number of aliphatic hydroxyl groups is 1. The molecule has 1 aromatic heterocycles. The summed E-state index contributed by atoms with van der Waals surface area (Å²) >= 11 is 3.18. The van der Waals surface area contributed by atoms with Crippen LogP contribution in [-0.2, 0) is 4.79 Å². The summed E-state index contributed by atoms with van der Waals surface area (Å²) in [4.78, 5) is 11.5. The molecule has 2 N–H and O–H groups in total. The average Bonchev–Trinajstić information content (AvgIpc) is 2.80. The monoisotopic (exact) mass is 243 g/mol. The molecule has 0 aliphatic heterocycles. The fourth-order valence-electron chi connectivity index (χ4n) is 1.29. The van der Waals surface area contributed by atoms with E-state index >= 15 is 0 Å². The Bertz CT molecular complexity index is 333. The highest BCUT2D eigenvalue weighted by molar-refractivity contribution is 8.01. The van der Waals surface area contributed by atoms with Gasteiger partial charge in [0.2, 0.25) is 5.91 Å². The van der Waals surface area contributed by atoms with Crippen molar-refractivity contribution in [1.29, 1.82) is 0 Å². The Labute approximate surface area is 96.9 Å². The number of rotatable bonds is 5. The molecule has 1 aliphatic carbocycles. The van der Waals surface area contributed by atoms with Crippen LogP contribution in [0.25, 0.3) is 0 Å². The summed E-state index contributed by atoms with van der Waals surface area (Å²) in [6, 6.07) is 3.97. The van der Waals surface area contributed by atoms with Crippen LogP contribution >= 0.6 is 23.1 Å². The van der Waals surface area contributed by atoms with E-state index in [4.69, 9.17) is 5.11 Å². The Hall–Kier alpha value is -0.520. The van der Waals surface area contributed by atoms with Gasteiger partial charge < -0.3 is 10.4 Å². The molecule has 15 heavy (non-hydrogen) atoms. The van der Waals surface area contributed by atoms with Crippen LogP contribution in [0.3, 0.4) is 0 Å². The van der Waals surface area contributed by atoms with Gasteiger partial charge in [0, 0.05) is 0 Å². The molecule has 0 bridgehead atoms. The van der Waals surface area contributed by atoms with E-state index in [9.17, 15) is 4.79 Å². The Morgan fingerprint density at radius 2 is 2.47 bits per heavy atom. The fourth-order valence-corrected chi connectivity index (χ4v) is 2.87. The second-order valence-electron chi connectivity index (χ2n) is 3.71. The highest BCUT2D eigenvalue weighted by Gasteiger charge is 2.43. The van der Waals surface area contributed by atoms with Gasteiger partial charge in [-0.15, -0.1) is 23.1 Å². The number of carbonyl (C=O) groups is 1. The topological polar surface area (TPSA) is 49.3 Å². The molecule has 0 aromatic carbocycles. The van der Waals surface area contributed by atoms with Crippen LogP contribution in [0.1, 0.15) is 12.8 Å². The lowest BCUT2D eigenvalue weighted by Gasteiger charge is -2.13. The number of amides is 1. The lowest BCUT2D eigenvalue weighted by molar-refractivity contribution is -0.119. The Kier molecular flexibility index (Phi) is 3.33. The van der Waals surface area contributed by atoms with Gasteiger partial charge in [-0.05, 0) is 24.3 Å². The zero-order valence-corrected chi connectivity index (χ0v) is 9.87. The van der Waals surface area contributed by atoms with Crippen molar-refractivity contribution >= 4 is 29.0 Å². The first kappa shape index (κ1) is 11.0. The maximum atomic E-state index is 11.5. The van der Waals surface area contributed by atoms with Gasteiger partial charge in [-0.3, -0.25) is 4.79 Å². The van der Waals surface area contributed by atoms with E-state index in [1.54, 1.807) is 11.3 Å². The molecule has 3 nitrogen and oxygen atoms in total. The van der Waals surface area contributed by atoms with Gasteiger partial charge >= 0.3 is 0 Å². The van der Waals surface area contributed by atoms with E-state index in [0.717, 1.165) is 17.1 Å². The molecule has 0 radical (unpaired) electrons. The summed E-state index contributed by atoms with van der Waals surface area (Å²) in [5.74, 6) is 0.447. The molecule has 1 saturated carbocycles. The standard InChI is InChI=1S/C10H13NO2S2/c12-7-10(3-4-10)11-8(13)6-15-9-2-1-5-14-9/h1-2,5,12H,3-4,6-7H2,(H,11,13). The minimum absolute atomic E-state index is 0.0138. The van der Waals surface area contributed by atoms with Crippen LogP contribution in [0.15, 0.2) is 21.7 Å². The summed E-state index contributed by atoms with van der Waals surface area (Å²) in [7, 11) is 0. The summed E-state index contributed by atoms with van der Waals surface area (Å²) in [5, 5.41) is 13.9. The summed E-state index contributed by atoms with van der Waals surface area (Å²) in [6.45, 7) is 0.0579. The smallest absolute Gasteiger partial charge is 0.230 e. The molecule has 0 atom stereocenters. The predicted molar refractivity (Wildman–Crippen MR) is 62.2 cm³/mol. The largest absolute Gasteiger partial charge is 0.394 e. The fraction of sp³-hybridized carbons (Fsp3) is 0.500. The minimum Gasteiger partial charge on any atom is -0.394 e. The molecule has 1 aromatic rings. The lowest BCUT2D eigenvalue weighted by atomic mass is 10.3. The molecule has 0 unspecified atom stereocenters. The molecule has 1 fully saturated rings. The van der Waals surface area contributed by atoms with Crippen LogP contribution in [0, 0.1) is 0 Å². The molecule has 1 aliphatic rings. The Morgan fingerprint density at radius 1 is 1.67 bits per heavy atom. The summed E-state index contributed by atoms with van der Waals surface area (Å²) in [5.41, 5.74) is -0.285. The maximum Gasteiger partial charge on any atom is 0.230 e. The van der Waals surface area contributed by atoms with Crippen molar-refractivity contribution in [3.05, 3.63) is 17.5 Å². The van der Waals surface area contributed by atoms with Gasteiger partial charge in [0.05, 0.1) is 22.1 Å². The van der Waals surface area contributed by atoms with E-state index in [-0.39, 0.29) is 18.1 Å². The number of aliphatic hydroxyl groups excluding tert-OH is 1. The molecule has 5 heteroatoms. The number of hydrogen-bond donors (Lipinski definition) is 2. The van der Waals surface area contributed by atoms with E-state index in [1.165, 1.54) is 11.8 Å². The van der Waals surface area contributed by atoms with Crippen molar-refractivity contribution in [3.63, 3.8) is 0 Å². The zero-order valence-electron chi connectivity index (χ0n) is 8.23. The van der Waals surface area contributed by atoms with Gasteiger partial charge in [0.1, 0.15) is 0 Å². The molecule has 1 heterocycles. The van der Waals surface area contributed by atoms with Gasteiger partial charge in [-0.2, -0.15) is 0 Å². The van der Waals surface area contributed by atoms with Crippen molar-refractivity contribution in [1.82, 2.24) is 5.32 Å². The van der Waals surface area contributed by atoms with Crippen molar-refractivity contribution in [2.75, 3.05) is 12.4 Å².